The van der Waals surface area contributed by atoms with E-state index in [0.717, 1.165) is 31.5 Å². The lowest BCUT2D eigenvalue weighted by Crippen LogP contribution is -2.47. The zero-order chi connectivity index (χ0) is 15.2. The number of hydrogen-bond donors (Lipinski definition) is 1. The molecule has 1 aliphatic rings. The molecule has 5 nitrogen and oxygen atoms in total. The molecule has 0 bridgehead atoms. The van der Waals surface area contributed by atoms with Gasteiger partial charge in [-0.2, -0.15) is 0 Å². The fourth-order valence-corrected chi connectivity index (χ4v) is 2.59. The average Bonchev–Trinajstić information content (AvgIpc) is 3.01. The Kier molecular flexibility index (Phi) is 5.33. The number of benzene rings is 1. The molecule has 5 heteroatoms. The highest BCUT2D eigenvalue weighted by atomic mass is 16.2. The first-order valence-electron chi connectivity index (χ1n) is 7.40. The van der Waals surface area contributed by atoms with Gasteiger partial charge in [-0.1, -0.05) is 30.3 Å². The fraction of sp³-hybridized carbons (Fsp3) is 0.500. The van der Waals surface area contributed by atoms with Crippen molar-refractivity contribution in [2.24, 2.45) is 5.73 Å². The number of likely N-dealkylation sites (tertiary alicyclic amines) is 1. The minimum absolute atomic E-state index is 0.00950. The van der Waals surface area contributed by atoms with E-state index in [4.69, 9.17) is 5.73 Å². The van der Waals surface area contributed by atoms with Crippen molar-refractivity contribution in [2.45, 2.75) is 25.3 Å². The Labute approximate surface area is 125 Å². The number of nitrogens with two attached hydrogens (primary N) is 1. The molecule has 0 aromatic heterocycles. The quantitative estimate of drug-likeness (QED) is 0.865. The van der Waals surface area contributed by atoms with Gasteiger partial charge in [0.05, 0.1) is 12.6 Å². The monoisotopic (exact) mass is 289 g/mol. The lowest BCUT2D eigenvalue weighted by atomic mass is 10.1. The Morgan fingerprint density at radius 2 is 1.86 bits per heavy atom. The molecule has 1 fully saturated rings. The van der Waals surface area contributed by atoms with Crippen molar-refractivity contribution in [3.63, 3.8) is 0 Å². The van der Waals surface area contributed by atoms with Crippen LogP contribution in [0.15, 0.2) is 30.3 Å². The van der Waals surface area contributed by atoms with Gasteiger partial charge >= 0.3 is 0 Å². The van der Waals surface area contributed by atoms with E-state index in [1.807, 2.05) is 35.2 Å². The summed E-state index contributed by atoms with van der Waals surface area (Å²) in [6.45, 7) is 1.72. The maximum atomic E-state index is 12.2. The van der Waals surface area contributed by atoms with Crippen LogP contribution in [0.3, 0.4) is 0 Å². The highest BCUT2D eigenvalue weighted by Crippen LogP contribution is 2.08. The zero-order valence-corrected chi connectivity index (χ0v) is 12.5. The first-order valence-corrected chi connectivity index (χ1v) is 7.40. The number of nitrogens with zero attached hydrogens (tertiary/aromatic N) is 2. The van der Waals surface area contributed by atoms with E-state index in [-0.39, 0.29) is 18.4 Å². The largest absolute Gasteiger partial charge is 0.341 e. The molecule has 1 aromatic rings. The van der Waals surface area contributed by atoms with Crippen LogP contribution >= 0.6 is 0 Å². The lowest BCUT2D eigenvalue weighted by molar-refractivity contribution is -0.139. The van der Waals surface area contributed by atoms with Gasteiger partial charge in [0.1, 0.15) is 0 Å². The van der Waals surface area contributed by atoms with Crippen molar-refractivity contribution < 1.29 is 9.59 Å². The molecule has 0 radical (unpaired) electrons. The molecule has 1 aliphatic heterocycles. The summed E-state index contributed by atoms with van der Waals surface area (Å²) in [7, 11) is 1.64. The van der Waals surface area contributed by atoms with Crippen molar-refractivity contribution in [2.75, 3.05) is 26.7 Å². The van der Waals surface area contributed by atoms with Crippen molar-refractivity contribution in [1.29, 1.82) is 0 Å². The van der Waals surface area contributed by atoms with Gasteiger partial charge < -0.3 is 15.5 Å². The molecule has 114 valence electrons. The third-order valence-corrected chi connectivity index (χ3v) is 3.82. The van der Waals surface area contributed by atoms with Crippen LogP contribution < -0.4 is 5.73 Å². The summed E-state index contributed by atoms with van der Waals surface area (Å²) in [5, 5.41) is 0. The molecule has 0 aliphatic carbocycles. The van der Waals surface area contributed by atoms with Crippen molar-refractivity contribution in [3.8, 4) is 0 Å². The topological polar surface area (TPSA) is 66.6 Å². The Morgan fingerprint density at radius 1 is 1.24 bits per heavy atom. The smallest absolute Gasteiger partial charge is 0.242 e. The number of carbonyl (C=O) groups excluding carboxylic acids is 2. The summed E-state index contributed by atoms with van der Waals surface area (Å²) >= 11 is 0. The van der Waals surface area contributed by atoms with E-state index < -0.39 is 6.04 Å². The lowest BCUT2D eigenvalue weighted by Gasteiger charge is -2.23. The van der Waals surface area contributed by atoms with E-state index in [9.17, 15) is 9.59 Å². The number of likely N-dealkylation sites (N-methyl/N-ethyl adjacent to an activating group) is 1. The SMILES string of the molecule is CN(CC(=O)N1CCCC1)C(=O)C(N)Cc1ccccc1. The molecule has 1 unspecified atom stereocenters. The maximum Gasteiger partial charge on any atom is 0.242 e. The predicted molar refractivity (Wildman–Crippen MR) is 81.6 cm³/mol. The molecule has 1 aromatic carbocycles. The van der Waals surface area contributed by atoms with Crippen LogP contribution in [0.1, 0.15) is 18.4 Å². The summed E-state index contributed by atoms with van der Waals surface area (Å²) in [6.07, 6.45) is 2.59. The molecule has 1 atom stereocenters. The molecule has 0 saturated carbocycles. The molecule has 2 amide bonds. The van der Waals surface area contributed by atoms with Gasteiger partial charge in [-0.25, -0.2) is 0 Å². The van der Waals surface area contributed by atoms with Gasteiger partial charge in [0.15, 0.2) is 0 Å². The van der Waals surface area contributed by atoms with E-state index in [0.29, 0.717) is 6.42 Å². The summed E-state index contributed by atoms with van der Waals surface area (Å²) in [5.41, 5.74) is 6.99. The summed E-state index contributed by atoms with van der Waals surface area (Å²) < 4.78 is 0. The molecular formula is C16H23N3O2. The molecule has 21 heavy (non-hydrogen) atoms. The second-order valence-electron chi connectivity index (χ2n) is 5.58. The summed E-state index contributed by atoms with van der Waals surface area (Å²) in [4.78, 5) is 27.5. The van der Waals surface area contributed by atoms with Gasteiger partial charge in [0.25, 0.3) is 0 Å². The summed E-state index contributed by atoms with van der Waals surface area (Å²) in [6, 6.07) is 9.06. The second-order valence-corrected chi connectivity index (χ2v) is 5.58. The maximum absolute atomic E-state index is 12.2. The minimum Gasteiger partial charge on any atom is -0.341 e. The number of carbonyl (C=O) groups is 2. The second kappa shape index (κ2) is 7.22. The molecule has 1 saturated heterocycles. The van der Waals surface area contributed by atoms with E-state index in [2.05, 4.69) is 0 Å². The molecule has 1 heterocycles. The number of hydrogen-bond acceptors (Lipinski definition) is 3. The van der Waals surface area contributed by atoms with E-state index >= 15 is 0 Å². The Morgan fingerprint density at radius 3 is 2.48 bits per heavy atom. The average molecular weight is 289 g/mol. The van der Waals surface area contributed by atoms with Crippen LogP contribution in [0.2, 0.25) is 0 Å². The summed E-state index contributed by atoms with van der Waals surface area (Å²) in [5.74, 6) is -0.179. The molecule has 0 spiro atoms. The zero-order valence-electron chi connectivity index (χ0n) is 12.5. The first kappa shape index (κ1) is 15.5. The fourth-order valence-electron chi connectivity index (χ4n) is 2.59. The van der Waals surface area contributed by atoms with E-state index in [1.54, 1.807) is 7.05 Å². The van der Waals surface area contributed by atoms with E-state index in [1.165, 1.54) is 4.90 Å². The number of rotatable bonds is 5. The Bertz CT molecular complexity index is 484. The third kappa shape index (κ3) is 4.29. The Balaban J connectivity index is 1.84. The Hall–Kier alpha value is -1.88. The number of amides is 2. The first-order chi connectivity index (χ1) is 10.1. The van der Waals surface area contributed by atoms with Gasteiger partial charge in [-0.15, -0.1) is 0 Å². The minimum atomic E-state index is -0.608. The molecule has 2 rings (SSSR count). The third-order valence-electron chi connectivity index (χ3n) is 3.82. The van der Waals surface area contributed by atoms with Crippen LogP contribution in [0.4, 0.5) is 0 Å². The van der Waals surface area contributed by atoms with Crippen molar-refractivity contribution in [3.05, 3.63) is 35.9 Å². The van der Waals surface area contributed by atoms with Crippen LogP contribution in [-0.2, 0) is 16.0 Å². The standard InChI is InChI=1S/C16H23N3O2/c1-18(12-15(20)19-9-5-6-10-19)16(21)14(17)11-13-7-3-2-4-8-13/h2-4,7-8,14H,5-6,9-12,17H2,1H3. The molecular weight excluding hydrogens is 266 g/mol. The van der Waals surface area contributed by atoms with Crippen LogP contribution in [0.25, 0.3) is 0 Å². The van der Waals surface area contributed by atoms with Crippen molar-refractivity contribution in [1.82, 2.24) is 9.80 Å². The van der Waals surface area contributed by atoms with Gasteiger partial charge in [-0.3, -0.25) is 9.59 Å². The van der Waals surface area contributed by atoms with Gasteiger partial charge in [-0.05, 0) is 24.8 Å². The van der Waals surface area contributed by atoms with Crippen molar-refractivity contribution >= 4 is 11.8 Å². The van der Waals surface area contributed by atoms with Crippen LogP contribution in [-0.4, -0.2) is 54.3 Å². The van der Waals surface area contributed by atoms with Crippen LogP contribution in [0.5, 0.6) is 0 Å². The van der Waals surface area contributed by atoms with Gasteiger partial charge in [0, 0.05) is 20.1 Å². The van der Waals surface area contributed by atoms with Crippen LogP contribution in [0, 0.1) is 0 Å². The highest BCUT2D eigenvalue weighted by Gasteiger charge is 2.24. The predicted octanol–water partition coefficient (Wildman–Crippen LogP) is 0.637. The van der Waals surface area contributed by atoms with Gasteiger partial charge in [0.2, 0.25) is 11.8 Å². The molecule has 2 N–H and O–H groups in total. The normalized spacial score (nSPS) is 15.8. The highest BCUT2D eigenvalue weighted by molar-refractivity contribution is 5.87.